The number of methoxy groups -OCH3 is 1. The second kappa shape index (κ2) is 10.5. The molecule has 12 nitrogen and oxygen atoms in total. The molecule has 1 saturated carbocycles. The number of amides is 3. The van der Waals surface area contributed by atoms with E-state index in [0.29, 0.717) is 53.2 Å². The van der Waals surface area contributed by atoms with E-state index < -0.39 is 5.91 Å². The molecular weight excluding hydrogens is 498 g/mol. The number of hydrogen-bond donors (Lipinski definition) is 3. The van der Waals surface area contributed by atoms with Gasteiger partial charge in [0, 0.05) is 25.1 Å². The highest BCUT2D eigenvalue weighted by Crippen LogP contribution is 2.40. The monoisotopic (exact) mass is 523 g/mol. The quantitative estimate of drug-likeness (QED) is 0.402. The lowest BCUT2D eigenvalue weighted by atomic mass is 10.1. The van der Waals surface area contributed by atoms with Crippen LogP contribution in [0.5, 0.6) is 5.75 Å². The van der Waals surface area contributed by atoms with Crippen LogP contribution in [0.1, 0.15) is 33.0 Å². The summed E-state index contributed by atoms with van der Waals surface area (Å²) in [6.07, 6.45) is 3.23. The molecule has 192 valence electrons. The maximum absolute atomic E-state index is 12.9. The summed E-state index contributed by atoms with van der Waals surface area (Å²) >= 11 is 1.26. The SMILES string of the molecule is COc1c(Nc2cc(NC(=O)C3CC3)nnc2C(N)=O)cccc1-c1ncc(C(=O)N2CCOCC2)s1. The molecule has 1 aliphatic carbocycles. The molecule has 3 amide bonds. The summed E-state index contributed by atoms with van der Waals surface area (Å²) in [6, 6.07) is 6.87. The molecule has 3 heterocycles. The Morgan fingerprint density at radius 2 is 1.95 bits per heavy atom. The van der Waals surface area contributed by atoms with Crippen LogP contribution in [-0.4, -0.2) is 71.2 Å². The molecule has 13 heteroatoms. The smallest absolute Gasteiger partial charge is 0.271 e. The van der Waals surface area contributed by atoms with Gasteiger partial charge in [0.05, 0.1) is 43.5 Å². The standard InChI is InChI=1S/C24H25N7O5S/c1-35-20-14(23-26-12-17(37-23)24(34)31-7-9-36-10-8-31)3-2-4-15(20)27-16-11-18(28-22(33)13-5-6-13)29-30-19(16)21(25)32/h2-4,11-13H,5-10H2,1H3,(H2,25,32)(H2,27,28,29,33). The lowest BCUT2D eigenvalue weighted by molar-refractivity contribution is -0.117. The third-order valence-electron chi connectivity index (χ3n) is 5.96. The molecule has 3 aromatic rings. The number of aromatic nitrogens is 3. The summed E-state index contributed by atoms with van der Waals surface area (Å²) in [7, 11) is 1.51. The zero-order valence-electron chi connectivity index (χ0n) is 20.0. The number of nitrogens with two attached hydrogens (primary N) is 1. The van der Waals surface area contributed by atoms with Gasteiger partial charge in [-0.25, -0.2) is 4.98 Å². The molecule has 1 saturated heterocycles. The predicted octanol–water partition coefficient (Wildman–Crippen LogP) is 2.27. The summed E-state index contributed by atoms with van der Waals surface area (Å²) in [5.74, 6) is -0.392. The Morgan fingerprint density at radius 3 is 2.65 bits per heavy atom. The van der Waals surface area contributed by atoms with E-state index in [1.807, 2.05) is 6.07 Å². The van der Waals surface area contributed by atoms with Gasteiger partial charge in [-0.3, -0.25) is 14.4 Å². The molecule has 0 spiro atoms. The number of para-hydroxylation sites is 1. The van der Waals surface area contributed by atoms with Crippen LogP contribution in [0.15, 0.2) is 30.5 Å². The fraction of sp³-hybridized carbons (Fsp3) is 0.333. The highest BCUT2D eigenvalue weighted by molar-refractivity contribution is 7.17. The van der Waals surface area contributed by atoms with Gasteiger partial charge in [-0.2, -0.15) is 0 Å². The Morgan fingerprint density at radius 1 is 1.16 bits per heavy atom. The molecule has 4 N–H and O–H groups in total. The van der Waals surface area contributed by atoms with Gasteiger partial charge in [0.25, 0.3) is 11.8 Å². The lowest BCUT2D eigenvalue weighted by Gasteiger charge is -2.26. The molecule has 0 unspecified atom stereocenters. The Balaban J connectivity index is 1.43. The minimum absolute atomic E-state index is 0.0240. The highest BCUT2D eigenvalue weighted by atomic mass is 32.1. The van der Waals surface area contributed by atoms with E-state index in [9.17, 15) is 14.4 Å². The Bertz CT molecular complexity index is 1350. The number of nitrogens with zero attached hydrogens (tertiary/aromatic N) is 4. The average molecular weight is 524 g/mol. The predicted molar refractivity (Wildman–Crippen MR) is 136 cm³/mol. The summed E-state index contributed by atoms with van der Waals surface area (Å²) in [5.41, 5.74) is 6.83. The number of primary amides is 1. The summed E-state index contributed by atoms with van der Waals surface area (Å²) < 4.78 is 11.0. The largest absolute Gasteiger partial charge is 0.494 e. The number of anilines is 3. The Kier molecular flexibility index (Phi) is 6.97. The third kappa shape index (κ3) is 5.37. The van der Waals surface area contributed by atoms with Crippen molar-refractivity contribution in [2.45, 2.75) is 12.8 Å². The maximum Gasteiger partial charge on any atom is 0.271 e. The highest BCUT2D eigenvalue weighted by Gasteiger charge is 2.30. The molecule has 0 atom stereocenters. The summed E-state index contributed by atoms with van der Waals surface area (Å²) in [4.78, 5) is 43.8. The zero-order valence-corrected chi connectivity index (χ0v) is 20.8. The first-order chi connectivity index (χ1) is 17.9. The van der Waals surface area contributed by atoms with Crippen LogP contribution in [0.2, 0.25) is 0 Å². The van der Waals surface area contributed by atoms with Gasteiger partial charge in [-0.05, 0) is 25.0 Å². The molecule has 2 aromatic heterocycles. The van der Waals surface area contributed by atoms with Crippen LogP contribution in [-0.2, 0) is 9.53 Å². The molecule has 0 bridgehead atoms. The molecular formula is C24H25N7O5S. The van der Waals surface area contributed by atoms with E-state index in [1.165, 1.54) is 24.5 Å². The third-order valence-corrected chi connectivity index (χ3v) is 6.98. The number of carbonyl (C=O) groups excluding carboxylic acids is 3. The van der Waals surface area contributed by atoms with Crippen molar-refractivity contribution in [2.75, 3.05) is 44.0 Å². The van der Waals surface area contributed by atoms with Gasteiger partial charge < -0.3 is 30.7 Å². The van der Waals surface area contributed by atoms with Crippen molar-refractivity contribution in [2.24, 2.45) is 11.7 Å². The Hall–Kier alpha value is -4.10. The zero-order chi connectivity index (χ0) is 25.9. The van der Waals surface area contributed by atoms with Crippen LogP contribution in [0.3, 0.4) is 0 Å². The minimum atomic E-state index is -0.781. The minimum Gasteiger partial charge on any atom is -0.494 e. The van der Waals surface area contributed by atoms with Crippen molar-refractivity contribution in [3.05, 3.63) is 41.0 Å². The normalized spacial score (nSPS) is 15.2. The first-order valence-corrected chi connectivity index (χ1v) is 12.5. The van der Waals surface area contributed by atoms with Crippen LogP contribution < -0.4 is 21.1 Å². The van der Waals surface area contributed by atoms with Gasteiger partial charge in [-0.1, -0.05) is 6.07 Å². The lowest BCUT2D eigenvalue weighted by Crippen LogP contribution is -2.40. The fourth-order valence-electron chi connectivity index (χ4n) is 3.89. The fourth-order valence-corrected chi connectivity index (χ4v) is 4.80. The van der Waals surface area contributed by atoms with Crippen LogP contribution in [0, 0.1) is 5.92 Å². The van der Waals surface area contributed by atoms with Crippen molar-refractivity contribution < 1.29 is 23.9 Å². The first kappa shape index (κ1) is 24.6. The van der Waals surface area contributed by atoms with E-state index in [-0.39, 0.29) is 34.9 Å². The van der Waals surface area contributed by atoms with E-state index in [0.717, 1.165) is 12.8 Å². The molecule has 5 rings (SSSR count). The second-order valence-electron chi connectivity index (χ2n) is 8.57. The van der Waals surface area contributed by atoms with E-state index in [2.05, 4.69) is 25.8 Å². The second-order valence-corrected chi connectivity index (χ2v) is 9.60. The summed E-state index contributed by atoms with van der Waals surface area (Å²) in [5, 5.41) is 14.3. The number of hydrogen-bond acceptors (Lipinski definition) is 10. The first-order valence-electron chi connectivity index (χ1n) is 11.7. The average Bonchev–Trinajstić information content (AvgIpc) is 3.65. The van der Waals surface area contributed by atoms with Crippen LogP contribution in [0.25, 0.3) is 10.6 Å². The molecule has 1 aromatic carbocycles. The molecule has 2 aliphatic rings. The summed E-state index contributed by atoms with van der Waals surface area (Å²) in [6.45, 7) is 2.12. The number of ether oxygens (including phenoxy) is 2. The molecule has 37 heavy (non-hydrogen) atoms. The maximum atomic E-state index is 12.9. The number of carbonyl (C=O) groups is 3. The van der Waals surface area contributed by atoms with Crippen LogP contribution in [0.4, 0.5) is 17.2 Å². The Labute approximate surface area is 216 Å². The number of nitrogens with one attached hydrogen (secondary N) is 2. The van der Waals surface area contributed by atoms with Gasteiger partial charge in [0.1, 0.15) is 9.88 Å². The number of benzene rings is 1. The number of rotatable bonds is 8. The van der Waals surface area contributed by atoms with E-state index in [1.54, 1.807) is 23.2 Å². The van der Waals surface area contributed by atoms with Crippen molar-refractivity contribution in [1.29, 1.82) is 0 Å². The number of morpholine rings is 1. The van der Waals surface area contributed by atoms with E-state index in [4.69, 9.17) is 15.2 Å². The van der Waals surface area contributed by atoms with Crippen molar-refractivity contribution in [1.82, 2.24) is 20.1 Å². The molecule has 2 fully saturated rings. The van der Waals surface area contributed by atoms with Gasteiger partial charge in [0.2, 0.25) is 5.91 Å². The molecule has 1 aliphatic heterocycles. The molecule has 0 radical (unpaired) electrons. The van der Waals surface area contributed by atoms with Crippen LogP contribution >= 0.6 is 11.3 Å². The van der Waals surface area contributed by atoms with Crippen molar-refractivity contribution in [3.63, 3.8) is 0 Å². The topological polar surface area (TPSA) is 162 Å². The van der Waals surface area contributed by atoms with Gasteiger partial charge in [0.15, 0.2) is 17.3 Å². The van der Waals surface area contributed by atoms with Crippen molar-refractivity contribution >= 4 is 46.3 Å². The van der Waals surface area contributed by atoms with Crippen molar-refractivity contribution in [3.8, 4) is 16.3 Å². The van der Waals surface area contributed by atoms with E-state index >= 15 is 0 Å². The number of thiazole rings is 1. The van der Waals surface area contributed by atoms with Gasteiger partial charge >= 0.3 is 0 Å². The van der Waals surface area contributed by atoms with Gasteiger partial charge in [-0.15, -0.1) is 21.5 Å².